The van der Waals surface area contributed by atoms with Crippen LogP contribution in [-0.4, -0.2) is 36.9 Å². The van der Waals surface area contributed by atoms with Gasteiger partial charge in [0.15, 0.2) is 12.6 Å². The van der Waals surface area contributed by atoms with Gasteiger partial charge in [0.2, 0.25) is 0 Å². The summed E-state index contributed by atoms with van der Waals surface area (Å²) in [5.41, 5.74) is 2.66. The van der Waals surface area contributed by atoms with Crippen molar-refractivity contribution in [2.24, 2.45) is 0 Å². The molecular formula is C22H25NO5. The molecule has 0 unspecified atom stereocenters. The highest BCUT2D eigenvalue weighted by atomic mass is 16.7. The Bertz CT molecular complexity index is 868. The second-order valence-corrected chi connectivity index (χ2v) is 6.30. The van der Waals surface area contributed by atoms with E-state index in [0.717, 1.165) is 11.1 Å². The van der Waals surface area contributed by atoms with Crippen LogP contribution in [0.15, 0.2) is 48.3 Å². The van der Waals surface area contributed by atoms with Crippen LogP contribution in [0.25, 0.3) is 6.08 Å². The Kier molecular flexibility index (Phi) is 7.77. The molecule has 148 valence electrons. The number of phenols is 1. The molecule has 0 aliphatic rings. The van der Waals surface area contributed by atoms with Crippen molar-refractivity contribution in [2.45, 2.75) is 20.3 Å². The number of ketones is 1. The lowest BCUT2D eigenvalue weighted by atomic mass is 9.99. The van der Waals surface area contributed by atoms with Crippen LogP contribution in [0.1, 0.15) is 35.3 Å². The highest BCUT2D eigenvalue weighted by Gasteiger charge is 2.23. The van der Waals surface area contributed by atoms with E-state index in [9.17, 15) is 9.90 Å². The molecule has 0 fully saturated rings. The molecule has 0 bridgehead atoms. The zero-order valence-electron chi connectivity index (χ0n) is 16.6. The molecule has 0 spiro atoms. The van der Waals surface area contributed by atoms with E-state index < -0.39 is 0 Å². The van der Waals surface area contributed by atoms with Crippen LogP contribution in [0, 0.1) is 0 Å². The van der Waals surface area contributed by atoms with E-state index in [1.807, 2.05) is 19.9 Å². The molecular weight excluding hydrogens is 358 g/mol. The summed E-state index contributed by atoms with van der Waals surface area (Å²) in [4.78, 5) is 16.9. The van der Waals surface area contributed by atoms with E-state index in [1.165, 1.54) is 26.4 Å². The number of ether oxygens (including phenoxy) is 3. The number of hydrogen-bond acceptors (Lipinski definition) is 6. The lowest BCUT2D eigenvalue weighted by Crippen LogP contribution is -2.09. The van der Waals surface area contributed by atoms with Crippen LogP contribution in [-0.2, 0) is 11.2 Å². The summed E-state index contributed by atoms with van der Waals surface area (Å²) >= 11 is 0. The Morgan fingerprint density at radius 3 is 2.54 bits per heavy atom. The van der Waals surface area contributed by atoms with Crippen LogP contribution in [0.4, 0.5) is 0 Å². The summed E-state index contributed by atoms with van der Waals surface area (Å²) in [6.07, 6.45) is 8.78. The third-order valence-corrected chi connectivity index (χ3v) is 3.96. The van der Waals surface area contributed by atoms with E-state index in [2.05, 4.69) is 4.98 Å². The highest BCUT2D eigenvalue weighted by Crippen LogP contribution is 2.40. The van der Waals surface area contributed by atoms with Crippen LogP contribution in [0.5, 0.6) is 17.2 Å². The smallest absolute Gasteiger partial charge is 0.193 e. The summed E-state index contributed by atoms with van der Waals surface area (Å²) in [5.74, 6) is 0.169. The van der Waals surface area contributed by atoms with Gasteiger partial charge in [-0.1, -0.05) is 17.7 Å². The third-order valence-electron chi connectivity index (χ3n) is 3.96. The van der Waals surface area contributed by atoms with Gasteiger partial charge in [-0.3, -0.25) is 9.78 Å². The molecule has 0 saturated carbocycles. The Morgan fingerprint density at radius 1 is 1.21 bits per heavy atom. The Morgan fingerprint density at radius 2 is 1.93 bits per heavy atom. The molecule has 0 aliphatic carbocycles. The largest absolute Gasteiger partial charge is 0.507 e. The van der Waals surface area contributed by atoms with Gasteiger partial charge in [-0.25, -0.2) is 0 Å². The summed E-state index contributed by atoms with van der Waals surface area (Å²) in [5, 5.41) is 10.5. The molecule has 28 heavy (non-hydrogen) atoms. The molecule has 0 atom stereocenters. The average molecular weight is 383 g/mol. The first-order chi connectivity index (χ1) is 13.5. The maximum absolute atomic E-state index is 13.0. The van der Waals surface area contributed by atoms with Crippen LogP contribution >= 0.6 is 0 Å². The number of methoxy groups -OCH3 is 2. The summed E-state index contributed by atoms with van der Waals surface area (Å²) in [6, 6.07) is 5.02. The molecule has 0 aliphatic heterocycles. The predicted molar refractivity (Wildman–Crippen MR) is 108 cm³/mol. The fourth-order valence-corrected chi connectivity index (χ4v) is 2.57. The highest BCUT2D eigenvalue weighted by molar-refractivity contribution is 6.11. The normalized spacial score (nSPS) is 10.7. The number of benzene rings is 1. The van der Waals surface area contributed by atoms with E-state index in [-0.39, 0.29) is 35.4 Å². The van der Waals surface area contributed by atoms with Gasteiger partial charge in [-0.15, -0.1) is 0 Å². The maximum atomic E-state index is 13.0. The Balaban J connectivity index is 2.54. The number of carbonyl (C=O) groups excluding carboxylic acids is 1. The minimum absolute atomic E-state index is 0.00452. The van der Waals surface area contributed by atoms with E-state index in [0.29, 0.717) is 12.0 Å². The molecule has 0 saturated heterocycles. The van der Waals surface area contributed by atoms with Gasteiger partial charge >= 0.3 is 0 Å². The first-order valence-electron chi connectivity index (χ1n) is 8.78. The predicted octanol–water partition coefficient (Wildman–Crippen LogP) is 4.18. The maximum Gasteiger partial charge on any atom is 0.193 e. The minimum Gasteiger partial charge on any atom is -0.507 e. The number of rotatable bonds is 9. The summed E-state index contributed by atoms with van der Waals surface area (Å²) < 4.78 is 16.0. The number of hydrogen-bond donors (Lipinski definition) is 1. The van der Waals surface area contributed by atoms with Crippen molar-refractivity contribution in [3.63, 3.8) is 0 Å². The van der Waals surface area contributed by atoms with Crippen molar-refractivity contribution in [1.82, 2.24) is 4.98 Å². The number of carbonyl (C=O) groups is 1. The van der Waals surface area contributed by atoms with Crippen molar-refractivity contribution < 1.29 is 24.1 Å². The lowest BCUT2D eigenvalue weighted by molar-refractivity contribution is 0.0494. The molecule has 6 heteroatoms. The second-order valence-electron chi connectivity index (χ2n) is 6.30. The molecule has 0 radical (unpaired) electrons. The molecule has 2 rings (SSSR count). The molecule has 1 N–H and O–H groups in total. The molecule has 1 heterocycles. The van der Waals surface area contributed by atoms with Crippen molar-refractivity contribution >= 4 is 11.9 Å². The zero-order chi connectivity index (χ0) is 20.5. The van der Waals surface area contributed by atoms with Gasteiger partial charge in [-0.2, -0.15) is 0 Å². The van der Waals surface area contributed by atoms with Gasteiger partial charge in [0.1, 0.15) is 22.8 Å². The van der Waals surface area contributed by atoms with Gasteiger partial charge in [0.25, 0.3) is 0 Å². The fourth-order valence-electron chi connectivity index (χ4n) is 2.57. The van der Waals surface area contributed by atoms with Crippen molar-refractivity contribution in [3.8, 4) is 17.2 Å². The monoisotopic (exact) mass is 383 g/mol. The number of phenolic OH excluding ortho intramolecular Hbond substituents is 1. The third kappa shape index (κ3) is 5.44. The molecule has 1 aromatic carbocycles. The van der Waals surface area contributed by atoms with Crippen molar-refractivity contribution in [2.75, 3.05) is 21.0 Å². The first-order valence-corrected chi connectivity index (χ1v) is 8.78. The van der Waals surface area contributed by atoms with Crippen molar-refractivity contribution in [3.05, 3.63) is 65.0 Å². The standard InChI is InChI=1S/C22H25NO5/c1-15(2)5-7-17-19(25)13-20(27-4)21(22(17)28-14-26-3)18(24)8-6-16-9-11-23-12-10-16/h5-6,8-13,25H,7,14H2,1-4H3/b8-6+. The summed E-state index contributed by atoms with van der Waals surface area (Å²) in [7, 11) is 2.93. The molecule has 2 aromatic rings. The first kappa shape index (κ1) is 21.2. The number of aromatic nitrogens is 1. The van der Waals surface area contributed by atoms with E-state index in [1.54, 1.807) is 30.6 Å². The van der Waals surface area contributed by atoms with Crippen LogP contribution in [0.3, 0.4) is 0 Å². The minimum atomic E-state index is -0.307. The van der Waals surface area contributed by atoms with Gasteiger partial charge in [0, 0.05) is 31.1 Å². The van der Waals surface area contributed by atoms with Gasteiger partial charge < -0.3 is 19.3 Å². The molecule has 6 nitrogen and oxygen atoms in total. The van der Waals surface area contributed by atoms with Crippen molar-refractivity contribution in [1.29, 1.82) is 0 Å². The van der Waals surface area contributed by atoms with E-state index in [4.69, 9.17) is 14.2 Å². The fraction of sp³-hybridized carbons (Fsp3) is 0.273. The quantitative estimate of drug-likeness (QED) is 0.303. The second kappa shape index (κ2) is 10.3. The summed E-state index contributed by atoms with van der Waals surface area (Å²) in [6.45, 7) is 3.85. The van der Waals surface area contributed by atoms with Gasteiger partial charge in [-0.05, 0) is 44.0 Å². The molecule has 1 aromatic heterocycles. The Hall–Kier alpha value is -3.12. The van der Waals surface area contributed by atoms with Gasteiger partial charge in [0.05, 0.1) is 7.11 Å². The van der Waals surface area contributed by atoms with E-state index >= 15 is 0 Å². The van der Waals surface area contributed by atoms with Crippen LogP contribution in [0.2, 0.25) is 0 Å². The number of aromatic hydroxyl groups is 1. The Labute approximate surface area is 165 Å². The number of pyridine rings is 1. The topological polar surface area (TPSA) is 77.9 Å². The average Bonchev–Trinajstić information content (AvgIpc) is 2.69. The number of nitrogens with zero attached hydrogens (tertiary/aromatic N) is 1. The lowest BCUT2D eigenvalue weighted by Gasteiger charge is -2.18. The van der Waals surface area contributed by atoms with Crippen LogP contribution < -0.4 is 9.47 Å². The number of allylic oxidation sites excluding steroid dienone is 3. The zero-order valence-corrected chi connectivity index (χ0v) is 16.6. The SMILES string of the molecule is COCOc1c(CC=C(C)C)c(O)cc(OC)c1C(=O)/C=C/c1ccncc1. The molecule has 0 amide bonds.